The summed E-state index contributed by atoms with van der Waals surface area (Å²) in [7, 11) is -3.23. The minimum absolute atomic E-state index is 0.207. The fourth-order valence-electron chi connectivity index (χ4n) is 3.52. The van der Waals surface area contributed by atoms with E-state index in [9.17, 15) is 12.8 Å². The maximum Gasteiger partial charge on any atom is 0.175 e. The van der Waals surface area contributed by atoms with Gasteiger partial charge in [0.15, 0.2) is 9.84 Å². The zero-order valence-corrected chi connectivity index (χ0v) is 15.6. The molecule has 0 heterocycles. The second-order valence-electron chi connectivity index (χ2n) is 6.75. The quantitative estimate of drug-likeness (QED) is 0.750. The van der Waals surface area contributed by atoms with Gasteiger partial charge in [-0.25, -0.2) is 12.8 Å². The van der Waals surface area contributed by atoms with Gasteiger partial charge in [-0.3, -0.25) is 0 Å². The fourth-order valence-corrected chi connectivity index (χ4v) is 4.18. The molecule has 1 saturated carbocycles. The van der Waals surface area contributed by atoms with Crippen LogP contribution in [0, 0.1) is 5.82 Å². The van der Waals surface area contributed by atoms with Gasteiger partial charge in [0.25, 0.3) is 0 Å². The van der Waals surface area contributed by atoms with Crippen molar-refractivity contribution >= 4 is 9.84 Å². The van der Waals surface area contributed by atoms with Crippen LogP contribution in [-0.4, -0.2) is 33.9 Å². The fraction of sp³-hybridized carbons (Fsp3) is 0.400. The van der Waals surface area contributed by atoms with Gasteiger partial charge in [-0.05, 0) is 54.7 Å². The predicted octanol–water partition coefficient (Wildman–Crippen LogP) is 3.53. The van der Waals surface area contributed by atoms with Gasteiger partial charge in [-0.15, -0.1) is 0 Å². The highest BCUT2D eigenvalue weighted by Gasteiger charge is 2.27. The number of ether oxygens (including phenoxy) is 1. The zero-order valence-electron chi connectivity index (χ0n) is 14.8. The van der Waals surface area contributed by atoms with Crippen molar-refractivity contribution in [1.82, 2.24) is 5.32 Å². The van der Waals surface area contributed by atoms with Crippen molar-refractivity contribution in [1.29, 1.82) is 0 Å². The van der Waals surface area contributed by atoms with Gasteiger partial charge in [-0.1, -0.05) is 24.6 Å². The van der Waals surface area contributed by atoms with Crippen molar-refractivity contribution in [3.63, 3.8) is 0 Å². The highest BCUT2D eigenvalue weighted by Crippen LogP contribution is 2.34. The van der Waals surface area contributed by atoms with Gasteiger partial charge in [0, 0.05) is 18.8 Å². The molecule has 0 spiro atoms. The lowest BCUT2D eigenvalue weighted by atomic mass is 9.94. The van der Waals surface area contributed by atoms with E-state index in [1.807, 2.05) is 12.1 Å². The van der Waals surface area contributed by atoms with E-state index in [0.29, 0.717) is 30.9 Å². The van der Waals surface area contributed by atoms with Crippen molar-refractivity contribution < 1.29 is 17.5 Å². The lowest BCUT2D eigenvalue weighted by Gasteiger charge is -2.21. The van der Waals surface area contributed by atoms with E-state index >= 15 is 0 Å². The summed E-state index contributed by atoms with van der Waals surface area (Å²) >= 11 is 0. The molecule has 0 bridgehead atoms. The molecule has 0 aromatic heterocycles. The molecule has 1 aliphatic rings. The molecule has 1 fully saturated rings. The lowest BCUT2D eigenvalue weighted by Crippen LogP contribution is -2.34. The molecule has 0 amide bonds. The van der Waals surface area contributed by atoms with E-state index in [4.69, 9.17) is 4.74 Å². The van der Waals surface area contributed by atoms with Crippen molar-refractivity contribution in [3.05, 3.63) is 59.9 Å². The number of halogens is 1. The van der Waals surface area contributed by atoms with Crippen LogP contribution in [0.4, 0.5) is 4.39 Å². The van der Waals surface area contributed by atoms with Gasteiger partial charge in [0.1, 0.15) is 18.2 Å². The topological polar surface area (TPSA) is 55.4 Å². The first-order valence-electron chi connectivity index (χ1n) is 8.85. The summed E-state index contributed by atoms with van der Waals surface area (Å²) in [6, 6.07) is 13.7. The summed E-state index contributed by atoms with van der Waals surface area (Å²) in [6.07, 6.45) is 4.52. The molecular weight excluding hydrogens is 353 g/mol. The molecule has 4 nitrogen and oxygen atoms in total. The van der Waals surface area contributed by atoms with Crippen LogP contribution in [-0.2, 0) is 9.84 Å². The molecule has 2 aromatic rings. The minimum Gasteiger partial charge on any atom is -0.492 e. The highest BCUT2D eigenvalue weighted by molar-refractivity contribution is 7.90. The third-order valence-corrected chi connectivity index (χ3v) is 5.94. The first-order valence-corrected chi connectivity index (χ1v) is 10.7. The Morgan fingerprint density at radius 3 is 2.65 bits per heavy atom. The zero-order chi connectivity index (χ0) is 18.6. The van der Waals surface area contributed by atoms with E-state index in [0.717, 1.165) is 19.3 Å². The Bertz CT molecular complexity index is 836. The van der Waals surface area contributed by atoms with Gasteiger partial charge < -0.3 is 10.1 Å². The average Bonchev–Trinajstić information content (AvgIpc) is 3.07. The van der Waals surface area contributed by atoms with Crippen LogP contribution in [0.2, 0.25) is 0 Å². The summed E-state index contributed by atoms with van der Waals surface area (Å²) in [5, 5.41) is 3.52. The van der Waals surface area contributed by atoms with E-state index < -0.39 is 9.84 Å². The summed E-state index contributed by atoms with van der Waals surface area (Å²) in [5.41, 5.74) is 1.17. The molecule has 2 aromatic carbocycles. The molecule has 26 heavy (non-hydrogen) atoms. The smallest absolute Gasteiger partial charge is 0.175 e. The highest BCUT2D eigenvalue weighted by atomic mass is 32.2. The summed E-state index contributed by atoms with van der Waals surface area (Å²) < 4.78 is 42.0. The molecule has 6 heteroatoms. The largest absolute Gasteiger partial charge is 0.492 e. The van der Waals surface area contributed by atoms with Crippen LogP contribution in [0.25, 0.3) is 0 Å². The van der Waals surface area contributed by atoms with Gasteiger partial charge in [0.05, 0.1) is 4.90 Å². The van der Waals surface area contributed by atoms with E-state index in [1.54, 1.807) is 24.3 Å². The third-order valence-electron chi connectivity index (χ3n) is 4.83. The maximum atomic E-state index is 13.1. The van der Waals surface area contributed by atoms with Crippen molar-refractivity contribution in [2.24, 2.45) is 0 Å². The number of benzene rings is 2. The van der Waals surface area contributed by atoms with Crippen molar-refractivity contribution in [2.45, 2.75) is 36.1 Å². The molecule has 2 atom stereocenters. The Kier molecular flexibility index (Phi) is 5.94. The van der Waals surface area contributed by atoms with Crippen molar-refractivity contribution in [3.8, 4) is 5.75 Å². The Morgan fingerprint density at radius 1 is 1.15 bits per heavy atom. The number of hydrogen-bond donors (Lipinski definition) is 1. The van der Waals surface area contributed by atoms with Crippen molar-refractivity contribution in [2.75, 3.05) is 19.4 Å². The maximum absolute atomic E-state index is 13.1. The molecule has 1 aliphatic carbocycles. The normalized spacial score (nSPS) is 20.2. The number of nitrogens with one attached hydrogen (secondary N) is 1. The van der Waals surface area contributed by atoms with Crippen LogP contribution in [0.3, 0.4) is 0 Å². The van der Waals surface area contributed by atoms with E-state index in [1.165, 1.54) is 24.0 Å². The monoisotopic (exact) mass is 377 g/mol. The van der Waals surface area contributed by atoms with Crippen LogP contribution in [0.1, 0.15) is 30.7 Å². The molecule has 1 N–H and O–H groups in total. The van der Waals surface area contributed by atoms with Gasteiger partial charge >= 0.3 is 0 Å². The van der Waals surface area contributed by atoms with Gasteiger partial charge in [-0.2, -0.15) is 0 Å². The van der Waals surface area contributed by atoms with Gasteiger partial charge in [0.2, 0.25) is 0 Å². The third kappa shape index (κ3) is 4.83. The number of hydrogen-bond acceptors (Lipinski definition) is 4. The van der Waals surface area contributed by atoms with Crippen LogP contribution >= 0.6 is 0 Å². The van der Waals surface area contributed by atoms with Crippen LogP contribution in [0.15, 0.2) is 53.4 Å². The SMILES string of the molecule is CS(=O)(=O)c1cccc(OCCN[C@@H]2CCC[C@H]2c2ccc(F)cc2)c1. The van der Waals surface area contributed by atoms with Crippen LogP contribution < -0.4 is 10.1 Å². The Hall–Kier alpha value is -1.92. The number of sulfone groups is 1. The predicted molar refractivity (Wildman–Crippen MR) is 99.8 cm³/mol. The Labute approximate surface area is 154 Å². The number of rotatable bonds is 7. The molecule has 140 valence electrons. The molecule has 3 rings (SSSR count). The first-order chi connectivity index (χ1) is 12.4. The standard InChI is InChI=1S/C20H24FNO3S/c1-26(23,24)18-5-2-4-17(14-18)25-13-12-22-20-7-3-6-19(20)15-8-10-16(21)11-9-15/h2,4-5,8-11,14,19-20,22H,3,6-7,12-13H2,1H3/t19-,20+/m0/s1. The molecule has 0 aliphatic heterocycles. The summed E-state index contributed by atoms with van der Waals surface area (Å²) in [6.45, 7) is 1.13. The first kappa shape index (κ1) is 18.9. The second kappa shape index (κ2) is 8.18. The molecular formula is C20H24FNO3S. The Morgan fingerprint density at radius 2 is 1.92 bits per heavy atom. The molecule has 0 unspecified atom stereocenters. The van der Waals surface area contributed by atoms with E-state index in [2.05, 4.69) is 5.32 Å². The van der Waals surface area contributed by atoms with E-state index in [-0.39, 0.29) is 10.7 Å². The lowest BCUT2D eigenvalue weighted by molar-refractivity contribution is 0.301. The molecule has 0 radical (unpaired) electrons. The minimum atomic E-state index is -3.23. The molecule has 0 saturated heterocycles. The summed E-state index contributed by atoms with van der Waals surface area (Å²) in [5.74, 6) is 0.737. The summed E-state index contributed by atoms with van der Waals surface area (Å²) in [4.78, 5) is 0.259. The second-order valence-corrected chi connectivity index (χ2v) is 8.76. The average molecular weight is 377 g/mol. The van der Waals surface area contributed by atoms with Crippen LogP contribution in [0.5, 0.6) is 5.75 Å². The Balaban J connectivity index is 1.51.